The Bertz CT molecular complexity index is 711. The molecule has 2 unspecified atom stereocenters. The maximum Gasteiger partial charge on any atom is 0.150 e. The number of ether oxygens (including phenoxy) is 3. The maximum absolute atomic E-state index is 11.2. The average molecular weight is 356 g/mol. The monoisotopic (exact) mass is 356 g/mol. The molecule has 26 heavy (non-hydrogen) atoms. The fourth-order valence-electron chi connectivity index (χ4n) is 2.98. The first-order chi connectivity index (χ1) is 12.5. The summed E-state index contributed by atoms with van der Waals surface area (Å²) in [6.07, 6.45) is 2.49. The van der Waals surface area contributed by atoms with E-state index in [1.165, 1.54) is 11.1 Å². The van der Waals surface area contributed by atoms with Gasteiger partial charge in [-0.2, -0.15) is 0 Å². The Balaban J connectivity index is 2.10. The highest BCUT2D eigenvalue weighted by Gasteiger charge is 2.12. The highest BCUT2D eigenvalue weighted by Crippen LogP contribution is 2.25. The fourth-order valence-corrected chi connectivity index (χ4v) is 2.98. The number of aryl methyl sites for hydroxylation is 1. The van der Waals surface area contributed by atoms with Gasteiger partial charge in [-0.25, -0.2) is 0 Å². The number of carbonyl (C=O) groups excluding carboxylic acids is 1. The first kappa shape index (κ1) is 20.0. The van der Waals surface area contributed by atoms with Crippen LogP contribution >= 0.6 is 0 Å². The van der Waals surface area contributed by atoms with E-state index in [4.69, 9.17) is 14.2 Å². The second-order valence-corrected chi connectivity index (χ2v) is 6.49. The SMILES string of the molecule is CCc1ccccc1CC(C)Oc1cc(C=O)cc(OC(C)COC)c1. The molecule has 0 bridgehead atoms. The second-order valence-electron chi connectivity index (χ2n) is 6.49. The van der Waals surface area contributed by atoms with E-state index in [-0.39, 0.29) is 12.2 Å². The largest absolute Gasteiger partial charge is 0.490 e. The van der Waals surface area contributed by atoms with Crippen LogP contribution in [0.5, 0.6) is 11.5 Å². The number of carbonyl (C=O) groups is 1. The summed E-state index contributed by atoms with van der Waals surface area (Å²) in [4.78, 5) is 11.2. The summed E-state index contributed by atoms with van der Waals surface area (Å²) in [7, 11) is 1.63. The third-order valence-corrected chi connectivity index (χ3v) is 4.12. The molecule has 2 aromatic carbocycles. The molecule has 0 heterocycles. The van der Waals surface area contributed by atoms with Crippen molar-refractivity contribution < 1.29 is 19.0 Å². The van der Waals surface area contributed by atoms with Crippen LogP contribution in [0.2, 0.25) is 0 Å². The minimum Gasteiger partial charge on any atom is -0.490 e. The van der Waals surface area contributed by atoms with Crippen LogP contribution in [-0.2, 0) is 17.6 Å². The summed E-state index contributed by atoms with van der Waals surface area (Å²) in [6, 6.07) is 13.7. The van der Waals surface area contributed by atoms with Crippen molar-refractivity contribution in [3.05, 3.63) is 59.2 Å². The highest BCUT2D eigenvalue weighted by atomic mass is 16.5. The van der Waals surface area contributed by atoms with Gasteiger partial charge < -0.3 is 14.2 Å². The number of methoxy groups -OCH3 is 1. The molecule has 2 aromatic rings. The average Bonchev–Trinajstić information content (AvgIpc) is 2.61. The zero-order chi connectivity index (χ0) is 18.9. The molecule has 0 aromatic heterocycles. The van der Waals surface area contributed by atoms with Crippen molar-refractivity contribution in [1.29, 1.82) is 0 Å². The maximum atomic E-state index is 11.2. The summed E-state index contributed by atoms with van der Waals surface area (Å²) in [5.41, 5.74) is 3.16. The molecule has 0 saturated carbocycles. The summed E-state index contributed by atoms with van der Waals surface area (Å²) >= 11 is 0. The Morgan fingerprint density at radius 2 is 1.58 bits per heavy atom. The van der Waals surface area contributed by atoms with Gasteiger partial charge in [0, 0.05) is 25.2 Å². The van der Waals surface area contributed by atoms with Crippen molar-refractivity contribution in [2.24, 2.45) is 0 Å². The van der Waals surface area contributed by atoms with E-state index in [1.807, 2.05) is 19.9 Å². The lowest BCUT2D eigenvalue weighted by Gasteiger charge is -2.19. The molecular formula is C22H28O4. The van der Waals surface area contributed by atoms with Gasteiger partial charge in [0.15, 0.2) is 0 Å². The van der Waals surface area contributed by atoms with E-state index >= 15 is 0 Å². The summed E-state index contributed by atoms with van der Waals surface area (Å²) in [5, 5.41) is 0. The van der Waals surface area contributed by atoms with Gasteiger partial charge in [0.1, 0.15) is 23.9 Å². The number of hydrogen-bond acceptors (Lipinski definition) is 4. The summed E-state index contributed by atoms with van der Waals surface area (Å²) < 4.78 is 17.0. The normalized spacial score (nSPS) is 13.1. The number of rotatable bonds is 10. The fraction of sp³-hybridized carbons (Fsp3) is 0.409. The van der Waals surface area contributed by atoms with Gasteiger partial charge in [-0.3, -0.25) is 4.79 Å². The van der Waals surface area contributed by atoms with Gasteiger partial charge in [0.25, 0.3) is 0 Å². The zero-order valence-electron chi connectivity index (χ0n) is 16.0. The number of aldehydes is 1. The van der Waals surface area contributed by atoms with Crippen LogP contribution in [0.15, 0.2) is 42.5 Å². The number of benzene rings is 2. The molecule has 0 radical (unpaired) electrons. The lowest BCUT2D eigenvalue weighted by Crippen LogP contribution is -2.19. The van der Waals surface area contributed by atoms with Crippen molar-refractivity contribution in [2.75, 3.05) is 13.7 Å². The van der Waals surface area contributed by atoms with Gasteiger partial charge in [-0.05, 0) is 43.5 Å². The van der Waals surface area contributed by atoms with Crippen LogP contribution in [0, 0.1) is 0 Å². The van der Waals surface area contributed by atoms with Crippen LogP contribution < -0.4 is 9.47 Å². The van der Waals surface area contributed by atoms with Gasteiger partial charge >= 0.3 is 0 Å². The minimum atomic E-state index is -0.108. The van der Waals surface area contributed by atoms with Crippen LogP contribution in [0.4, 0.5) is 0 Å². The van der Waals surface area contributed by atoms with Gasteiger partial charge in [-0.15, -0.1) is 0 Å². The molecule has 0 saturated heterocycles. The molecule has 4 nitrogen and oxygen atoms in total. The van der Waals surface area contributed by atoms with E-state index in [1.54, 1.807) is 19.2 Å². The van der Waals surface area contributed by atoms with Crippen LogP contribution in [0.3, 0.4) is 0 Å². The smallest absolute Gasteiger partial charge is 0.150 e. The van der Waals surface area contributed by atoms with Crippen LogP contribution in [-0.4, -0.2) is 32.2 Å². The van der Waals surface area contributed by atoms with E-state index in [0.29, 0.717) is 23.7 Å². The molecule has 2 rings (SSSR count). The molecule has 2 atom stereocenters. The van der Waals surface area contributed by atoms with E-state index in [0.717, 1.165) is 19.1 Å². The Kier molecular flexibility index (Phi) is 7.67. The zero-order valence-corrected chi connectivity index (χ0v) is 16.0. The number of hydrogen-bond donors (Lipinski definition) is 0. The van der Waals surface area contributed by atoms with E-state index in [2.05, 4.69) is 31.2 Å². The van der Waals surface area contributed by atoms with Gasteiger partial charge in [-0.1, -0.05) is 31.2 Å². The van der Waals surface area contributed by atoms with Gasteiger partial charge in [0.2, 0.25) is 0 Å². The molecule has 0 amide bonds. The Morgan fingerprint density at radius 1 is 0.962 bits per heavy atom. The van der Waals surface area contributed by atoms with E-state index < -0.39 is 0 Å². The molecule has 0 aliphatic rings. The third-order valence-electron chi connectivity index (χ3n) is 4.12. The topological polar surface area (TPSA) is 44.8 Å². The van der Waals surface area contributed by atoms with Crippen molar-refractivity contribution in [3.8, 4) is 11.5 Å². The molecule has 4 heteroatoms. The first-order valence-corrected chi connectivity index (χ1v) is 9.05. The van der Waals surface area contributed by atoms with Crippen molar-refractivity contribution in [1.82, 2.24) is 0 Å². The molecule has 0 aliphatic carbocycles. The Morgan fingerprint density at radius 3 is 2.15 bits per heavy atom. The van der Waals surface area contributed by atoms with Crippen molar-refractivity contribution >= 4 is 6.29 Å². The summed E-state index contributed by atoms with van der Waals surface area (Å²) in [5.74, 6) is 1.24. The Labute approximate surface area is 156 Å². The highest BCUT2D eigenvalue weighted by molar-refractivity contribution is 5.76. The quantitative estimate of drug-likeness (QED) is 0.589. The van der Waals surface area contributed by atoms with Crippen LogP contribution in [0.1, 0.15) is 42.3 Å². The van der Waals surface area contributed by atoms with E-state index in [9.17, 15) is 4.79 Å². The first-order valence-electron chi connectivity index (χ1n) is 9.05. The molecule has 0 fully saturated rings. The molecule has 0 aliphatic heterocycles. The van der Waals surface area contributed by atoms with Gasteiger partial charge in [0.05, 0.1) is 12.7 Å². The second kappa shape index (κ2) is 9.97. The molecular weight excluding hydrogens is 328 g/mol. The lowest BCUT2D eigenvalue weighted by atomic mass is 10.0. The molecule has 140 valence electrons. The predicted octanol–water partition coefficient (Wildman–Crippen LogP) is 4.49. The van der Waals surface area contributed by atoms with Crippen molar-refractivity contribution in [3.63, 3.8) is 0 Å². The summed E-state index contributed by atoms with van der Waals surface area (Å²) in [6.45, 7) is 6.59. The minimum absolute atomic E-state index is 0.0196. The Hall–Kier alpha value is -2.33. The molecule has 0 N–H and O–H groups in total. The lowest BCUT2D eigenvalue weighted by molar-refractivity contribution is 0.0915. The molecule has 0 spiro atoms. The predicted molar refractivity (Wildman–Crippen MR) is 103 cm³/mol. The third kappa shape index (κ3) is 5.88. The standard InChI is InChI=1S/C22H28O4/c1-5-19-8-6-7-9-20(19)10-16(2)25-21-11-18(14-23)12-22(13-21)26-17(3)15-24-4/h6-9,11-14,16-17H,5,10,15H2,1-4H3. The van der Waals surface area contributed by atoms with Crippen LogP contribution in [0.25, 0.3) is 0 Å². The van der Waals surface area contributed by atoms with Crippen molar-refractivity contribution in [2.45, 2.75) is 45.8 Å².